The highest BCUT2D eigenvalue weighted by atomic mass is 32.1. The zero-order valence-electron chi connectivity index (χ0n) is 16.6. The minimum absolute atomic E-state index is 0.174. The molecule has 0 unspecified atom stereocenters. The number of hydrogen-bond donors (Lipinski definition) is 1. The van der Waals surface area contributed by atoms with E-state index < -0.39 is 0 Å². The fraction of sp³-hybridized carbons (Fsp3) is 0.400. The van der Waals surface area contributed by atoms with Crippen molar-refractivity contribution in [2.24, 2.45) is 5.92 Å². The summed E-state index contributed by atoms with van der Waals surface area (Å²) in [5.41, 5.74) is 2.21. The number of rotatable bonds is 5. The van der Waals surface area contributed by atoms with Crippen molar-refractivity contribution in [2.75, 3.05) is 32.2 Å². The Bertz CT molecular complexity index is 960. The molecule has 1 N–H and O–H groups in total. The number of aliphatic hydroxyl groups is 1. The van der Waals surface area contributed by atoms with Crippen LogP contribution in [0.3, 0.4) is 0 Å². The summed E-state index contributed by atoms with van der Waals surface area (Å²) in [7, 11) is 3.07. The number of hydrogen-bond acceptors (Lipinski definition) is 9. The molecule has 0 spiro atoms. The van der Waals surface area contributed by atoms with E-state index in [1.165, 1.54) is 7.11 Å². The first-order chi connectivity index (χ1) is 14.1. The Kier molecular flexibility index (Phi) is 5.59. The lowest BCUT2D eigenvalue weighted by molar-refractivity contribution is 0.0966. The van der Waals surface area contributed by atoms with E-state index in [0.29, 0.717) is 23.9 Å². The van der Waals surface area contributed by atoms with E-state index in [4.69, 9.17) is 14.5 Å². The van der Waals surface area contributed by atoms with E-state index in [-0.39, 0.29) is 18.0 Å². The summed E-state index contributed by atoms with van der Waals surface area (Å²) in [6, 6.07) is 5.99. The average molecular weight is 414 g/mol. The van der Waals surface area contributed by atoms with Crippen molar-refractivity contribution in [1.29, 1.82) is 0 Å². The van der Waals surface area contributed by atoms with Gasteiger partial charge >= 0.3 is 6.01 Å². The van der Waals surface area contributed by atoms with E-state index in [0.717, 1.165) is 29.2 Å². The van der Waals surface area contributed by atoms with Crippen LogP contribution in [0.15, 0.2) is 29.8 Å². The SMILES string of the molecule is COc1cc(-c2cnc(N3CC[C@@H](O)[C@@H](C)C3)nc2-c2cccs2)nc(OC)n1. The minimum Gasteiger partial charge on any atom is -0.481 e. The number of piperidine rings is 1. The van der Waals surface area contributed by atoms with Crippen LogP contribution >= 0.6 is 11.3 Å². The van der Waals surface area contributed by atoms with Gasteiger partial charge in [-0.2, -0.15) is 9.97 Å². The molecule has 1 aliphatic rings. The third kappa shape index (κ3) is 4.01. The standard InChI is InChI=1S/C20H23N5O3S/c1-12-11-25(7-6-15(12)26)19-21-10-13(18(24-19)16-5-4-8-29-16)14-9-17(27-2)23-20(22-14)28-3/h4-5,8-10,12,15,26H,6-7,11H2,1-3H3/t12-,15+/m0/s1. The van der Waals surface area contributed by atoms with Gasteiger partial charge in [0, 0.05) is 30.9 Å². The molecule has 0 bridgehead atoms. The number of thiophene rings is 1. The van der Waals surface area contributed by atoms with E-state index >= 15 is 0 Å². The van der Waals surface area contributed by atoms with Crippen molar-refractivity contribution in [3.05, 3.63) is 29.8 Å². The molecule has 9 heteroatoms. The van der Waals surface area contributed by atoms with Gasteiger partial charge in [0.15, 0.2) is 0 Å². The molecule has 0 aliphatic carbocycles. The van der Waals surface area contributed by atoms with Crippen LogP contribution in [-0.4, -0.2) is 58.5 Å². The molecule has 8 nitrogen and oxygen atoms in total. The summed E-state index contributed by atoms with van der Waals surface area (Å²) in [6.45, 7) is 3.49. The van der Waals surface area contributed by atoms with Crippen molar-refractivity contribution in [3.63, 3.8) is 0 Å². The number of anilines is 1. The van der Waals surface area contributed by atoms with Gasteiger partial charge in [0.05, 0.1) is 36.6 Å². The van der Waals surface area contributed by atoms with Gasteiger partial charge in [0.1, 0.15) is 0 Å². The Morgan fingerprint density at radius 2 is 2.07 bits per heavy atom. The second-order valence-electron chi connectivity index (χ2n) is 6.97. The molecule has 2 atom stereocenters. The van der Waals surface area contributed by atoms with Gasteiger partial charge in [-0.25, -0.2) is 9.97 Å². The van der Waals surface area contributed by atoms with Gasteiger partial charge in [-0.15, -0.1) is 11.3 Å². The quantitative estimate of drug-likeness (QED) is 0.682. The summed E-state index contributed by atoms with van der Waals surface area (Å²) in [5.74, 6) is 1.24. The largest absolute Gasteiger partial charge is 0.481 e. The molecule has 4 rings (SSSR count). The number of aliphatic hydroxyl groups excluding tert-OH is 1. The second kappa shape index (κ2) is 8.30. The molecular formula is C20H23N5O3S. The van der Waals surface area contributed by atoms with Crippen LogP contribution in [0.5, 0.6) is 11.9 Å². The topological polar surface area (TPSA) is 93.5 Å². The van der Waals surface area contributed by atoms with Crippen LogP contribution in [0, 0.1) is 5.92 Å². The van der Waals surface area contributed by atoms with Gasteiger partial charge in [0.2, 0.25) is 11.8 Å². The molecule has 152 valence electrons. The van der Waals surface area contributed by atoms with Crippen LogP contribution < -0.4 is 14.4 Å². The van der Waals surface area contributed by atoms with Crippen LogP contribution in [-0.2, 0) is 0 Å². The molecule has 0 aromatic carbocycles. The highest BCUT2D eigenvalue weighted by molar-refractivity contribution is 7.13. The maximum Gasteiger partial charge on any atom is 0.320 e. The van der Waals surface area contributed by atoms with Crippen LogP contribution in [0.25, 0.3) is 21.8 Å². The Hall–Kier alpha value is -2.78. The number of aromatic nitrogens is 4. The normalized spacial score (nSPS) is 19.2. The van der Waals surface area contributed by atoms with E-state index in [1.54, 1.807) is 30.7 Å². The van der Waals surface area contributed by atoms with Crippen LogP contribution in [0.2, 0.25) is 0 Å². The molecule has 1 saturated heterocycles. The second-order valence-corrected chi connectivity index (χ2v) is 7.92. The van der Waals surface area contributed by atoms with Gasteiger partial charge in [-0.1, -0.05) is 13.0 Å². The van der Waals surface area contributed by atoms with Crippen molar-refractivity contribution in [1.82, 2.24) is 19.9 Å². The first kappa shape index (κ1) is 19.5. The zero-order valence-corrected chi connectivity index (χ0v) is 17.4. The number of methoxy groups -OCH3 is 2. The predicted octanol–water partition coefficient (Wildman–Crippen LogP) is 2.89. The molecule has 3 aromatic heterocycles. The third-order valence-electron chi connectivity index (χ3n) is 5.02. The van der Waals surface area contributed by atoms with Gasteiger partial charge in [-0.05, 0) is 23.8 Å². The first-order valence-electron chi connectivity index (χ1n) is 9.40. The molecule has 1 fully saturated rings. The fourth-order valence-corrected chi connectivity index (χ4v) is 4.09. The van der Waals surface area contributed by atoms with E-state index in [9.17, 15) is 5.11 Å². The Morgan fingerprint density at radius 1 is 1.21 bits per heavy atom. The minimum atomic E-state index is -0.275. The summed E-state index contributed by atoms with van der Waals surface area (Å²) < 4.78 is 10.5. The molecule has 0 saturated carbocycles. The smallest absolute Gasteiger partial charge is 0.320 e. The number of ether oxygens (including phenoxy) is 2. The third-order valence-corrected chi connectivity index (χ3v) is 5.90. The highest BCUT2D eigenvalue weighted by Gasteiger charge is 2.26. The molecule has 29 heavy (non-hydrogen) atoms. The van der Waals surface area contributed by atoms with Gasteiger partial charge in [-0.3, -0.25) is 0 Å². The number of nitrogens with zero attached hydrogens (tertiary/aromatic N) is 5. The maximum atomic E-state index is 10.0. The molecule has 3 aromatic rings. The molecule has 0 amide bonds. The lowest BCUT2D eigenvalue weighted by Gasteiger charge is -2.34. The van der Waals surface area contributed by atoms with Crippen molar-refractivity contribution >= 4 is 17.3 Å². The van der Waals surface area contributed by atoms with Crippen molar-refractivity contribution in [3.8, 4) is 33.7 Å². The zero-order chi connectivity index (χ0) is 20.4. The van der Waals surface area contributed by atoms with E-state index in [2.05, 4.69) is 19.9 Å². The fourth-order valence-electron chi connectivity index (χ4n) is 3.37. The predicted molar refractivity (Wildman–Crippen MR) is 111 cm³/mol. The summed E-state index contributed by atoms with van der Waals surface area (Å²) >= 11 is 1.61. The lowest BCUT2D eigenvalue weighted by atomic mass is 9.97. The van der Waals surface area contributed by atoms with Gasteiger partial charge < -0.3 is 19.5 Å². The summed E-state index contributed by atoms with van der Waals surface area (Å²) in [4.78, 5) is 21.3. The van der Waals surface area contributed by atoms with Crippen molar-refractivity contribution < 1.29 is 14.6 Å². The lowest BCUT2D eigenvalue weighted by Crippen LogP contribution is -2.42. The van der Waals surface area contributed by atoms with Crippen molar-refractivity contribution in [2.45, 2.75) is 19.4 Å². The van der Waals surface area contributed by atoms with Gasteiger partial charge in [0.25, 0.3) is 0 Å². The summed E-state index contributed by atoms with van der Waals surface area (Å²) in [6.07, 6.45) is 2.22. The Morgan fingerprint density at radius 3 is 2.76 bits per heavy atom. The van der Waals surface area contributed by atoms with Crippen LogP contribution in [0.1, 0.15) is 13.3 Å². The molecular weight excluding hydrogens is 390 g/mol. The Balaban J connectivity index is 1.79. The van der Waals surface area contributed by atoms with E-state index in [1.807, 2.05) is 24.4 Å². The first-order valence-corrected chi connectivity index (χ1v) is 10.3. The maximum absolute atomic E-state index is 10.0. The molecule has 0 radical (unpaired) electrons. The highest BCUT2D eigenvalue weighted by Crippen LogP contribution is 2.35. The molecule has 4 heterocycles. The summed E-state index contributed by atoms with van der Waals surface area (Å²) in [5, 5.41) is 12.1. The monoisotopic (exact) mass is 413 g/mol. The molecule has 1 aliphatic heterocycles. The Labute approximate surface area is 173 Å². The van der Waals surface area contributed by atoms with Crippen LogP contribution in [0.4, 0.5) is 5.95 Å². The average Bonchev–Trinajstić information content (AvgIpc) is 3.29.